The molecule has 6 N–H and O–H groups in total. The highest BCUT2D eigenvalue weighted by Crippen LogP contribution is 2.41. The van der Waals surface area contributed by atoms with E-state index >= 15 is 0 Å². The molecule has 0 saturated carbocycles. The van der Waals surface area contributed by atoms with Crippen LogP contribution in [0.2, 0.25) is 0 Å². The Morgan fingerprint density at radius 3 is 2.69 bits per heavy atom. The number of hydrogen-bond acceptors (Lipinski definition) is 11. The Kier molecular flexibility index (Phi) is 5.62. The van der Waals surface area contributed by atoms with Crippen LogP contribution in [0.3, 0.4) is 0 Å². The zero-order valence-electron chi connectivity index (χ0n) is 16.1. The summed E-state index contributed by atoms with van der Waals surface area (Å²) in [6.07, 6.45) is 1.63. The number of carbonyl (C=O) groups excluding carboxylic acids is 3. The number of anilines is 1. The molecular weight excluding hydrogens is 464 g/mol. The summed E-state index contributed by atoms with van der Waals surface area (Å²) in [5, 5.41) is 35.1. The van der Waals surface area contributed by atoms with Crippen LogP contribution in [0.1, 0.15) is 12.1 Å². The molecule has 4 rings (SSSR count). The number of β-lactam (4-membered cyclic amide) rings is 1. The van der Waals surface area contributed by atoms with Gasteiger partial charge in [0.25, 0.3) is 17.7 Å². The van der Waals surface area contributed by atoms with Crippen molar-refractivity contribution in [3.63, 3.8) is 0 Å². The zero-order valence-corrected chi connectivity index (χ0v) is 17.7. The van der Waals surface area contributed by atoms with E-state index in [1.54, 1.807) is 0 Å². The van der Waals surface area contributed by atoms with Gasteiger partial charge in [0.15, 0.2) is 10.8 Å². The van der Waals surface area contributed by atoms with E-state index in [2.05, 4.69) is 15.5 Å². The first kappa shape index (κ1) is 21.8. The number of nitrogen functional groups attached to an aromatic ring is 1. The third-order valence-electron chi connectivity index (χ3n) is 5.02. The summed E-state index contributed by atoms with van der Waals surface area (Å²) in [5.74, 6) is -3.35. The van der Waals surface area contributed by atoms with Gasteiger partial charge in [0.1, 0.15) is 22.8 Å². The molecule has 32 heavy (non-hydrogen) atoms. The first-order valence-electron chi connectivity index (χ1n) is 9.09. The molecule has 2 fully saturated rings. The summed E-state index contributed by atoms with van der Waals surface area (Å²) in [5.41, 5.74) is 5.33. The molecule has 3 amide bonds. The number of amides is 3. The van der Waals surface area contributed by atoms with Crippen molar-refractivity contribution < 1.29 is 34.7 Å². The van der Waals surface area contributed by atoms with Crippen molar-refractivity contribution in [3.8, 4) is 0 Å². The van der Waals surface area contributed by atoms with E-state index in [9.17, 15) is 34.7 Å². The summed E-state index contributed by atoms with van der Waals surface area (Å²) >= 11 is 2.24. The lowest BCUT2D eigenvalue weighted by atomic mass is 10.0. The molecule has 0 aromatic carbocycles. The van der Waals surface area contributed by atoms with Gasteiger partial charge in [-0.05, 0) is 18.1 Å². The third-order valence-corrected chi connectivity index (χ3v) is 6.99. The van der Waals surface area contributed by atoms with Crippen molar-refractivity contribution in [2.24, 2.45) is 5.16 Å². The number of carboxylic acid groups (broad SMARTS) is 1. The number of thiazole rings is 1. The molecule has 15 heteroatoms. The summed E-state index contributed by atoms with van der Waals surface area (Å²) in [6.45, 7) is 0.103. The summed E-state index contributed by atoms with van der Waals surface area (Å²) in [6, 6.07) is -1.05. The van der Waals surface area contributed by atoms with Crippen LogP contribution in [0, 0.1) is 0 Å². The molecule has 2 atom stereocenters. The number of nitrogens with zero attached hydrogens (tertiary/aromatic N) is 4. The van der Waals surface area contributed by atoms with Gasteiger partial charge in [0.05, 0.1) is 6.54 Å². The van der Waals surface area contributed by atoms with Crippen LogP contribution in [0.4, 0.5) is 5.13 Å². The van der Waals surface area contributed by atoms with Crippen molar-refractivity contribution in [1.82, 2.24) is 20.3 Å². The number of fused-ring (bicyclic) bond motifs is 1. The van der Waals surface area contributed by atoms with Crippen LogP contribution in [0.25, 0.3) is 0 Å². The van der Waals surface area contributed by atoms with E-state index in [0.717, 1.165) is 16.2 Å². The molecule has 0 radical (unpaired) electrons. The molecule has 0 unspecified atom stereocenters. The first-order valence-corrected chi connectivity index (χ1v) is 11.0. The quantitative estimate of drug-likeness (QED) is 0.0887. The monoisotopic (exact) mass is 480 g/mol. The van der Waals surface area contributed by atoms with Gasteiger partial charge in [-0.3, -0.25) is 24.5 Å². The fourth-order valence-electron chi connectivity index (χ4n) is 3.52. The number of oxime groups is 1. The van der Waals surface area contributed by atoms with Crippen molar-refractivity contribution >= 4 is 57.6 Å². The number of carbonyl (C=O) groups is 4. The van der Waals surface area contributed by atoms with Crippen molar-refractivity contribution in [2.45, 2.75) is 17.8 Å². The maximum absolute atomic E-state index is 12.7. The van der Waals surface area contributed by atoms with Gasteiger partial charge in [-0.25, -0.2) is 14.8 Å². The van der Waals surface area contributed by atoms with Gasteiger partial charge >= 0.3 is 5.97 Å². The number of allylic oxidation sites excluding steroid dienone is 1. The molecule has 2 saturated heterocycles. The minimum atomic E-state index is -1.36. The molecule has 1 aromatic heterocycles. The second-order valence-electron chi connectivity index (χ2n) is 6.91. The number of thioether (sulfide) groups is 1. The molecule has 4 heterocycles. The lowest BCUT2D eigenvalue weighted by Crippen LogP contribution is -2.71. The Balaban J connectivity index is 1.55. The Morgan fingerprint density at radius 1 is 1.38 bits per heavy atom. The predicted molar refractivity (Wildman–Crippen MR) is 111 cm³/mol. The number of aliphatic carboxylic acids is 1. The van der Waals surface area contributed by atoms with E-state index < -0.39 is 40.8 Å². The Bertz CT molecular complexity index is 1130. The van der Waals surface area contributed by atoms with Crippen LogP contribution in [0.15, 0.2) is 33.5 Å². The first-order chi connectivity index (χ1) is 15.2. The molecule has 3 aliphatic rings. The van der Waals surface area contributed by atoms with Crippen LogP contribution < -0.4 is 11.1 Å². The van der Waals surface area contributed by atoms with Gasteiger partial charge in [-0.1, -0.05) is 5.16 Å². The average molecular weight is 480 g/mol. The highest BCUT2D eigenvalue weighted by Gasteiger charge is 2.54. The van der Waals surface area contributed by atoms with E-state index in [1.807, 2.05) is 0 Å². The van der Waals surface area contributed by atoms with Gasteiger partial charge in [-0.15, -0.1) is 23.1 Å². The maximum Gasteiger partial charge on any atom is 0.352 e. The number of aromatic nitrogens is 1. The second-order valence-corrected chi connectivity index (χ2v) is 8.90. The topological polar surface area (TPSA) is 199 Å². The standard InChI is InChI=1S/C17H16N6O7S2/c18-17-19-8(5-32-17)9(21-29)12(24)20-10-14(26)23-11(16(27)28)7(4-31-15(10)23)3-6-1-2-22(30)13(6)25/h3,5,10,15,29-30H,1-2,4H2,(H2,18,19)(H,20,24)(H,27,28)/b6-3+,21-9-/t10-,15-/m1/s1. The van der Waals surface area contributed by atoms with Gasteiger partial charge in [-0.2, -0.15) is 0 Å². The Morgan fingerprint density at radius 2 is 2.12 bits per heavy atom. The highest BCUT2D eigenvalue weighted by atomic mass is 32.2. The van der Waals surface area contributed by atoms with Gasteiger partial charge in [0, 0.05) is 16.7 Å². The zero-order chi connectivity index (χ0) is 23.2. The number of hydroxylamine groups is 2. The fourth-order valence-corrected chi connectivity index (χ4v) is 5.37. The average Bonchev–Trinajstić information content (AvgIpc) is 3.32. The van der Waals surface area contributed by atoms with E-state index in [4.69, 9.17) is 5.73 Å². The molecule has 0 spiro atoms. The predicted octanol–water partition coefficient (Wildman–Crippen LogP) is -0.810. The minimum absolute atomic E-state index is 0.0339. The van der Waals surface area contributed by atoms with E-state index in [1.165, 1.54) is 23.2 Å². The molecule has 13 nitrogen and oxygen atoms in total. The molecule has 0 aliphatic carbocycles. The Hall–Kier alpha value is -3.43. The number of hydrogen-bond donors (Lipinski definition) is 5. The Labute approximate surface area is 187 Å². The normalized spacial score (nSPS) is 24.7. The number of carboxylic acids is 1. The fraction of sp³-hybridized carbons (Fsp3) is 0.294. The maximum atomic E-state index is 12.7. The van der Waals surface area contributed by atoms with E-state index in [0.29, 0.717) is 5.06 Å². The molecule has 1 aromatic rings. The largest absolute Gasteiger partial charge is 0.477 e. The molecule has 0 bridgehead atoms. The van der Waals surface area contributed by atoms with Crippen LogP contribution >= 0.6 is 23.1 Å². The van der Waals surface area contributed by atoms with Crippen molar-refractivity contribution in [2.75, 3.05) is 18.0 Å². The van der Waals surface area contributed by atoms with Crippen LogP contribution in [-0.4, -0.2) is 83.6 Å². The molecule has 3 aliphatic heterocycles. The summed E-state index contributed by atoms with van der Waals surface area (Å²) in [4.78, 5) is 54.0. The molecular formula is C17H16N6O7S2. The van der Waals surface area contributed by atoms with Crippen LogP contribution in [0.5, 0.6) is 0 Å². The second kappa shape index (κ2) is 8.25. The number of rotatable bonds is 5. The number of nitrogens with one attached hydrogen (secondary N) is 1. The SMILES string of the molecule is Nc1nc(/C(=N/O)C(=O)N[C@@H]2C(=O)N3C(C(=O)O)=C(/C=C4\CCN(O)C4=O)CS[C@H]23)cs1. The number of nitrogens with two attached hydrogens (primary N) is 1. The lowest BCUT2D eigenvalue weighted by Gasteiger charge is -2.49. The third kappa shape index (κ3) is 3.59. The minimum Gasteiger partial charge on any atom is -0.477 e. The van der Waals surface area contributed by atoms with Crippen LogP contribution in [-0.2, 0) is 19.2 Å². The molecule has 168 valence electrons. The summed E-state index contributed by atoms with van der Waals surface area (Å²) < 4.78 is 0. The summed E-state index contributed by atoms with van der Waals surface area (Å²) in [7, 11) is 0. The lowest BCUT2D eigenvalue weighted by molar-refractivity contribution is -0.154. The smallest absolute Gasteiger partial charge is 0.352 e. The van der Waals surface area contributed by atoms with E-state index in [-0.39, 0.29) is 46.4 Å². The van der Waals surface area contributed by atoms with Gasteiger partial charge < -0.3 is 21.4 Å². The van der Waals surface area contributed by atoms with Gasteiger partial charge in [0.2, 0.25) is 0 Å². The highest BCUT2D eigenvalue weighted by molar-refractivity contribution is 8.00. The van der Waals surface area contributed by atoms with Crippen molar-refractivity contribution in [1.29, 1.82) is 0 Å². The van der Waals surface area contributed by atoms with Crippen molar-refractivity contribution in [3.05, 3.63) is 34.0 Å².